The molecular weight excluding hydrogens is 370 g/mol. The molecule has 1 atom stereocenters. The topological polar surface area (TPSA) is 55.4 Å². The number of nitrogens with one attached hydrogen (secondary N) is 1. The molecule has 1 aliphatic carbocycles. The average molecular weight is 402 g/mol. The molecular formula is C23H31NO3S. The highest BCUT2D eigenvalue weighted by Gasteiger charge is 2.28. The Kier molecular flexibility index (Phi) is 6.15. The smallest absolute Gasteiger partial charge is 0.244 e. The predicted molar refractivity (Wildman–Crippen MR) is 114 cm³/mol. The Morgan fingerprint density at radius 2 is 1.68 bits per heavy atom. The van der Waals surface area contributed by atoms with E-state index in [0.29, 0.717) is 12.2 Å². The highest BCUT2D eigenvalue weighted by molar-refractivity contribution is 7.89. The van der Waals surface area contributed by atoms with Crippen molar-refractivity contribution in [3.63, 3.8) is 0 Å². The van der Waals surface area contributed by atoms with Crippen molar-refractivity contribution in [2.24, 2.45) is 0 Å². The van der Waals surface area contributed by atoms with Gasteiger partial charge in [-0.2, -0.15) is 0 Å². The van der Waals surface area contributed by atoms with Gasteiger partial charge in [-0.1, -0.05) is 44.2 Å². The SMILES string of the molecule is COc1cc2c(cc1S(=O)(=O)NC(C)CC(C)(C)c1ccccc1)CCCC2. The normalized spacial score (nSPS) is 15.7. The lowest BCUT2D eigenvalue weighted by atomic mass is 9.79. The lowest BCUT2D eigenvalue weighted by Crippen LogP contribution is -2.37. The number of fused-ring (bicyclic) bond motifs is 1. The van der Waals surface area contributed by atoms with Gasteiger partial charge in [-0.3, -0.25) is 0 Å². The van der Waals surface area contributed by atoms with Crippen molar-refractivity contribution < 1.29 is 13.2 Å². The molecule has 1 aliphatic rings. The number of sulfonamides is 1. The van der Waals surface area contributed by atoms with Crippen molar-refractivity contribution in [1.82, 2.24) is 4.72 Å². The second-order valence-electron chi connectivity index (χ2n) is 8.46. The summed E-state index contributed by atoms with van der Waals surface area (Å²) < 4.78 is 34.6. The molecule has 1 unspecified atom stereocenters. The summed E-state index contributed by atoms with van der Waals surface area (Å²) in [5.74, 6) is 0.433. The van der Waals surface area contributed by atoms with Crippen LogP contribution in [0.1, 0.15) is 56.7 Å². The number of hydrogen-bond donors (Lipinski definition) is 1. The maximum absolute atomic E-state index is 13.1. The van der Waals surface area contributed by atoms with Crippen LogP contribution in [0.25, 0.3) is 0 Å². The van der Waals surface area contributed by atoms with E-state index in [4.69, 9.17) is 4.74 Å². The van der Waals surface area contributed by atoms with Gasteiger partial charge in [0.05, 0.1) is 7.11 Å². The van der Waals surface area contributed by atoms with Gasteiger partial charge in [0, 0.05) is 6.04 Å². The Hall–Kier alpha value is -1.85. The third kappa shape index (κ3) is 4.58. The third-order valence-corrected chi connectivity index (χ3v) is 7.26. The van der Waals surface area contributed by atoms with Crippen LogP contribution < -0.4 is 9.46 Å². The van der Waals surface area contributed by atoms with Crippen LogP contribution in [0.15, 0.2) is 47.4 Å². The summed E-state index contributed by atoms with van der Waals surface area (Å²) in [6.07, 6.45) is 4.86. The summed E-state index contributed by atoms with van der Waals surface area (Å²) in [6, 6.07) is 13.7. The zero-order chi connectivity index (χ0) is 20.4. The first-order chi connectivity index (χ1) is 13.2. The zero-order valence-corrected chi connectivity index (χ0v) is 18.1. The molecule has 152 valence electrons. The number of aryl methyl sites for hydroxylation is 2. The van der Waals surface area contributed by atoms with Crippen LogP contribution >= 0.6 is 0 Å². The Morgan fingerprint density at radius 3 is 2.29 bits per heavy atom. The van der Waals surface area contributed by atoms with Gasteiger partial charge >= 0.3 is 0 Å². The maximum Gasteiger partial charge on any atom is 0.244 e. The van der Waals surface area contributed by atoms with E-state index in [1.165, 1.54) is 18.2 Å². The molecule has 1 N–H and O–H groups in total. The molecule has 0 spiro atoms. The first-order valence-electron chi connectivity index (χ1n) is 10.0. The van der Waals surface area contributed by atoms with Crippen LogP contribution in [-0.2, 0) is 28.3 Å². The minimum Gasteiger partial charge on any atom is -0.495 e. The average Bonchev–Trinajstić information content (AvgIpc) is 2.66. The molecule has 0 amide bonds. The fourth-order valence-electron chi connectivity index (χ4n) is 4.25. The van der Waals surface area contributed by atoms with Gasteiger partial charge in [-0.25, -0.2) is 13.1 Å². The van der Waals surface area contributed by atoms with Gasteiger partial charge in [-0.05, 0) is 73.3 Å². The van der Waals surface area contributed by atoms with Gasteiger partial charge in [0.2, 0.25) is 10.0 Å². The van der Waals surface area contributed by atoms with E-state index in [1.54, 1.807) is 0 Å². The molecule has 0 fully saturated rings. The highest BCUT2D eigenvalue weighted by atomic mass is 32.2. The number of ether oxygens (including phenoxy) is 1. The van der Waals surface area contributed by atoms with Crippen LogP contribution in [0.4, 0.5) is 0 Å². The van der Waals surface area contributed by atoms with E-state index in [1.807, 2.05) is 37.3 Å². The molecule has 0 bridgehead atoms. The molecule has 4 nitrogen and oxygen atoms in total. The molecule has 0 aliphatic heterocycles. The van der Waals surface area contributed by atoms with E-state index in [-0.39, 0.29) is 16.4 Å². The summed E-state index contributed by atoms with van der Waals surface area (Å²) in [7, 11) is -2.13. The van der Waals surface area contributed by atoms with Crippen LogP contribution in [0.2, 0.25) is 0 Å². The van der Waals surface area contributed by atoms with Gasteiger partial charge in [0.15, 0.2) is 0 Å². The predicted octanol–water partition coefficient (Wildman–Crippen LogP) is 4.61. The van der Waals surface area contributed by atoms with Crippen molar-refractivity contribution >= 4 is 10.0 Å². The summed E-state index contributed by atoms with van der Waals surface area (Å²) in [5, 5.41) is 0. The van der Waals surface area contributed by atoms with Gasteiger partial charge < -0.3 is 4.74 Å². The Morgan fingerprint density at radius 1 is 1.07 bits per heavy atom. The van der Waals surface area contributed by atoms with Crippen molar-refractivity contribution in [3.8, 4) is 5.75 Å². The molecule has 0 saturated carbocycles. The minimum absolute atomic E-state index is 0.136. The lowest BCUT2D eigenvalue weighted by Gasteiger charge is -2.29. The summed E-state index contributed by atoms with van der Waals surface area (Å²) in [6.45, 7) is 6.21. The zero-order valence-electron chi connectivity index (χ0n) is 17.3. The number of benzene rings is 2. The fraction of sp³-hybridized carbons (Fsp3) is 0.478. The Labute approximate surface area is 169 Å². The standard InChI is InChI=1S/C23H31NO3S/c1-17(16-23(2,3)20-12-6-5-7-13-20)24-28(25,26)22-15-19-11-9-8-10-18(19)14-21(22)27-4/h5-7,12-15,17,24H,8-11,16H2,1-4H3. The number of rotatable bonds is 7. The quantitative estimate of drug-likeness (QED) is 0.737. The van der Waals surface area contributed by atoms with E-state index >= 15 is 0 Å². The van der Waals surface area contributed by atoms with Gasteiger partial charge in [0.1, 0.15) is 10.6 Å². The van der Waals surface area contributed by atoms with Crippen molar-refractivity contribution in [1.29, 1.82) is 0 Å². The second-order valence-corrected chi connectivity index (χ2v) is 10.1. The molecule has 0 aromatic heterocycles. The summed E-state index contributed by atoms with van der Waals surface area (Å²) in [5.41, 5.74) is 3.40. The van der Waals surface area contributed by atoms with Crippen LogP contribution in [0.5, 0.6) is 5.75 Å². The molecule has 2 aromatic rings. The van der Waals surface area contributed by atoms with E-state index in [2.05, 4.69) is 30.7 Å². The Bertz CT molecular complexity index is 920. The van der Waals surface area contributed by atoms with Gasteiger partial charge in [0.25, 0.3) is 0 Å². The summed E-state index contributed by atoms with van der Waals surface area (Å²) in [4.78, 5) is 0.250. The van der Waals surface area contributed by atoms with Crippen molar-refractivity contribution in [3.05, 3.63) is 59.2 Å². The fourth-order valence-corrected chi connectivity index (χ4v) is 5.70. The van der Waals surface area contributed by atoms with Crippen LogP contribution in [-0.4, -0.2) is 21.6 Å². The number of hydrogen-bond acceptors (Lipinski definition) is 3. The maximum atomic E-state index is 13.1. The molecule has 3 rings (SSSR count). The summed E-state index contributed by atoms with van der Waals surface area (Å²) >= 11 is 0. The molecule has 28 heavy (non-hydrogen) atoms. The van der Waals surface area contributed by atoms with Crippen LogP contribution in [0.3, 0.4) is 0 Å². The van der Waals surface area contributed by atoms with Crippen molar-refractivity contribution in [2.75, 3.05) is 7.11 Å². The number of methoxy groups -OCH3 is 1. The molecule has 0 heterocycles. The highest BCUT2D eigenvalue weighted by Crippen LogP contribution is 2.33. The first-order valence-corrected chi connectivity index (χ1v) is 11.5. The van der Waals surface area contributed by atoms with E-state index in [0.717, 1.165) is 31.2 Å². The van der Waals surface area contributed by atoms with E-state index in [9.17, 15) is 8.42 Å². The Balaban J connectivity index is 1.81. The third-order valence-electron chi connectivity index (χ3n) is 5.65. The molecule has 5 heteroatoms. The van der Waals surface area contributed by atoms with E-state index < -0.39 is 10.0 Å². The lowest BCUT2D eigenvalue weighted by molar-refractivity contribution is 0.398. The molecule has 2 aromatic carbocycles. The minimum atomic E-state index is -3.67. The largest absolute Gasteiger partial charge is 0.495 e. The monoisotopic (exact) mass is 401 g/mol. The van der Waals surface area contributed by atoms with Crippen LogP contribution in [0, 0.1) is 0 Å². The van der Waals surface area contributed by atoms with Crippen molar-refractivity contribution in [2.45, 2.75) is 69.2 Å². The second kappa shape index (κ2) is 8.26. The molecule has 0 radical (unpaired) electrons. The van der Waals surface area contributed by atoms with Gasteiger partial charge in [-0.15, -0.1) is 0 Å². The first kappa shape index (κ1) is 20.9. The molecule has 0 saturated heterocycles.